The zero-order chi connectivity index (χ0) is 12.3. The molecule has 0 aliphatic heterocycles. The van der Waals surface area contributed by atoms with Crippen molar-refractivity contribution in [2.45, 2.75) is 0 Å². The molecule has 1 amide bonds. The summed E-state index contributed by atoms with van der Waals surface area (Å²) in [5.41, 5.74) is 1.37. The molecule has 2 rings (SSSR count). The van der Waals surface area contributed by atoms with Crippen molar-refractivity contribution in [2.24, 2.45) is 0 Å². The Morgan fingerprint density at radius 3 is 2.94 bits per heavy atom. The lowest BCUT2D eigenvalue weighted by Gasteiger charge is -2.01. The first-order valence-corrected chi connectivity index (χ1v) is 4.80. The number of amides is 1. The van der Waals surface area contributed by atoms with E-state index in [1.807, 2.05) is 0 Å². The monoisotopic (exact) mass is 231 g/mol. The van der Waals surface area contributed by atoms with Gasteiger partial charge in [0, 0.05) is 23.2 Å². The molecule has 0 atom stereocenters. The Morgan fingerprint density at radius 1 is 1.35 bits per heavy atom. The quantitative estimate of drug-likeness (QED) is 0.690. The number of H-pyrrole nitrogens is 1. The molecule has 86 valence electrons. The average molecular weight is 231 g/mol. The van der Waals surface area contributed by atoms with E-state index in [0.717, 1.165) is 23.1 Å². The number of aromatic nitrogens is 2. The second-order valence-electron chi connectivity index (χ2n) is 3.33. The van der Waals surface area contributed by atoms with Crippen LogP contribution in [0, 0.1) is 0 Å². The molecule has 1 aromatic heterocycles. The highest BCUT2D eigenvalue weighted by Crippen LogP contribution is 2.16. The van der Waals surface area contributed by atoms with E-state index in [1.54, 1.807) is 24.4 Å². The topological polar surface area (TPSA) is 95.1 Å². The number of benzene rings is 1. The molecule has 1 aromatic carbocycles. The molecule has 6 heteroatoms. The maximum atomic E-state index is 11.3. The largest absolute Gasteiger partial charge is 0.478 e. The predicted molar refractivity (Wildman–Crippen MR) is 61.5 cm³/mol. The fourth-order valence-corrected chi connectivity index (χ4v) is 1.35. The van der Waals surface area contributed by atoms with E-state index in [0.29, 0.717) is 5.69 Å². The summed E-state index contributed by atoms with van der Waals surface area (Å²) < 4.78 is 0. The van der Waals surface area contributed by atoms with Crippen LogP contribution in [0.2, 0.25) is 0 Å². The van der Waals surface area contributed by atoms with Crippen molar-refractivity contribution in [3.8, 4) is 0 Å². The molecule has 0 spiro atoms. The average Bonchev–Trinajstić information content (AvgIpc) is 2.73. The van der Waals surface area contributed by atoms with E-state index in [2.05, 4.69) is 15.5 Å². The summed E-state index contributed by atoms with van der Waals surface area (Å²) in [5, 5.41) is 18.5. The van der Waals surface area contributed by atoms with Gasteiger partial charge < -0.3 is 10.4 Å². The molecule has 0 fully saturated rings. The number of aliphatic carboxylic acids is 1. The smallest absolute Gasteiger partial charge is 0.328 e. The molecule has 0 bridgehead atoms. The van der Waals surface area contributed by atoms with Crippen molar-refractivity contribution in [3.63, 3.8) is 0 Å². The van der Waals surface area contributed by atoms with Crippen LogP contribution in [-0.2, 0) is 9.59 Å². The number of fused-ring (bicyclic) bond motifs is 1. The van der Waals surface area contributed by atoms with Gasteiger partial charge in [0.25, 0.3) is 0 Å². The fraction of sp³-hybridized carbons (Fsp3) is 0. The first-order valence-electron chi connectivity index (χ1n) is 4.80. The molecule has 0 radical (unpaired) electrons. The van der Waals surface area contributed by atoms with Crippen molar-refractivity contribution in [3.05, 3.63) is 36.5 Å². The van der Waals surface area contributed by atoms with Crippen LogP contribution in [0.15, 0.2) is 36.5 Å². The van der Waals surface area contributed by atoms with E-state index in [4.69, 9.17) is 5.11 Å². The number of carboxylic acid groups (broad SMARTS) is 1. The van der Waals surface area contributed by atoms with Crippen LogP contribution >= 0.6 is 0 Å². The van der Waals surface area contributed by atoms with Crippen molar-refractivity contribution < 1.29 is 14.7 Å². The third kappa shape index (κ3) is 2.69. The summed E-state index contributed by atoms with van der Waals surface area (Å²) in [5.74, 6) is -1.66. The number of nitrogens with zero attached hydrogens (tertiary/aromatic N) is 1. The van der Waals surface area contributed by atoms with Gasteiger partial charge in [-0.3, -0.25) is 9.89 Å². The van der Waals surface area contributed by atoms with E-state index in [9.17, 15) is 9.59 Å². The van der Waals surface area contributed by atoms with Crippen LogP contribution < -0.4 is 5.32 Å². The van der Waals surface area contributed by atoms with Crippen molar-refractivity contribution in [1.29, 1.82) is 0 Å². The van der Waals surface area contributed by atoms with Gasteiger partial charge in [-0.1, -0.05) is 0 Å². The Balaban J connectivity index is 2.12. The molecular weight excluding hydrogens is 222 g/mol. The molecule has 0 saturated carbocycles. The number of hydrogen-bond acceptors (Lipinski definition) is 3. The van der Waals surface area contributed by atoms with Crippen molar-refractivity contribution in [1.82, 2.24) is 10.2 Å². The van der Waals surface area contributed by atoms with Gasteiger partial charge in [0.05, 0.1) is 11.7 Å². The summed E-state index contributed by atoms with van der Waals surface area (Å²) in [4.78, 5) is 21.5. The maximum absolute atomic E-state index is 11.3. The molecule has 17 heavy (non-hydrogen) atoms. The predicted octanol–water partition coefficient (Wildman–Crippen LogP) is 1.14. The van der Waals surface area contributed by atoms with Crippen LogP contribution in [0.3, 0.4) is 0 Å². The second-order valence-corrected chi connectivity index (χ2v) is 3.33. The summed E-state index contributed by atoms with van der Waals surface area (Å²) in [6.07, 6.45) is 3.41. The third-order valence-corrected chi connectivity index (χ3v) is 2.09. The zero-order valence-electron chi connectivity index (χ0n) is 8.68. The van der Waals surface area contributed by atoms with Crippen molar-refractivity contribution >= 4 is 28.5 Å². The van der Waals surface area contributed by atoms with E-state index >= 15 is 0 Å². The molecule has 0 saturated heterocycles. The highest BCUT2D eigenvalue weighted by Gasteiger charge is 2.01. The SMILES string of the molecule is O=C(O)/C=C\C(=O)Nc1ccc2cn[nH]c2c1. The Bertz CT molecular complexity index is 601. The standard InChI is InChI=1S/C11H9N3O3/c15-10(3-4-11(16)17)13-8-2-1-7-6-12-14-9(7)5-8/h1-6H,(H,12,14)(H,13,15)(H,16,17)/b4-3-. The van der Waals surface area contributed by atoms with Crippen LogP contribution in [0.4, 0.5) is 5.69 Å². The first-order chi connectivity index (χ1) is 8.15. The number of nitrogens with one attached hydrogen (secondary N) is 2. The summed E-state index contributed by atoms with van der Waals surface area (Å²) in [6.45, 7) is 0. The molecule has 1 heterocycles. The minimum absolute atomic E-state index is 0.494. The van der Waals surface area contributed by atoms with E-state index in [1.165, 1.54) is 0 Å². The van der Waals surface area contributed by atoms with E-state index in [-0.39, 0.29) is 0 Å². The number of hydrogen-bond donors (Lipinski definition) is 3. The Kier molecular flexibility index (Phi) is 2.87. The van der Waals surface area contributed by atoms with Gasteiger partial charge in [0.2, 0.25) is 5.91 Å². The molecule has 0 unspecified atom stereocenters. The number of carbonyl (C=O) groups excluding carboxylic acids is 1. The van der Waals surface area contributed by atoms with Gasteiger partial charge in [-0.15, -0.1) is 0 Å². The van der Waals surface area contributed by atoms with Crippen LogP contribution in [0.5, 0.6) is 0 Å². The Labute approximate surface area is 95.9 Å². The molecule has 0 aliphatic rings. The lowest BCUT2D eigenvalue weighted by Crippen LogP contribution is -2.08. The second kappa shape index (κ2) is 4.48. The molecule has 3 N–H and O–H groups in total. The molecule has 6 nitrogen and oxygen atoms in total. The normalized spacial score (nSPS) is 10.8. The summed E-state index contributed by atoms with van der Waals surface area (Å²) in [7, 11) is 0. The highest BCUT2D eigenvalue weighted by atomic mass is 16.4. The third-order valence-electron chi connectivity index (χ3n) is 2.09. The van der Waals surface area contributed by atoms with Gasteiger partial charge in [-0.05, 0) is 18.2 Å². The molecule has 2 aromatic rings. The minimum atomic E-state index is -1.16. The van der Waals surface area contributed by atoms with Gasteiger partial charge in [0.1, 0.15) is 0 Å². The highest BCUT2D eigenvalue weighted by molar-refractivity contribution is 6.03. The molecule has 0 aliphatic carbocycles. The first kappa shape index (κ1) is 10.9. The minimum Gasteiger partial charge on any atom is -0.478 e. The van der Waals surface area contributed by atoms with Gasteiger partial charge in [0.15, 0.2) is 0 Å². The number of carboxylic acids is 1. The Hall–Kier alpha value is -2.63. The van der Waals surface area contributed by atoms with Crippen molar-refractivity contribution in [2.75, 3.05) is 5.32 Å². The molecular formula is C11H9N3O3. The summed E-state index contributed by atoms with van der Waals surface area (Å²) in [6, 6.07) is 5.23. The van der Waals surface area contributed by atoms with Gasteiger partial charge >= 0.3 is 5.97 Å². The zero-order valence-corrected chi connectivity index (χ0v) is 8.68. The maximum Gasteiger partial charge on any atom is 0.328 e. The van der Waals surface area contributed by atoms with Crippen LogP contribution in [0.25, 0.3) is 10.9 Å². The fourth-order valence-electron chi connectivity index (χ4n) is 1.35. The lowest BCUT2D eigenvalue weighted by atomic mass is 10.2. The number of carbonyl (C=O) groups is 2. The van der Waals surface area contributed by atoms with E-state index < -0.39 is 11.9 Å². The van der Waals surface area contributed by atoms with Gasteiger partial charge in [-0.2, -0.15) is 5.10 Å². The van der Waals surface area contributed by atoms with Crippen LogP contribution in [0.1, 0.15) is 0 Å². The summed E-state index contributed by atoms with van der Waals surface area (Å²) >= 11 is 0. The van der Waals surface area contributed by atoms with Gasteiger partial charge in [-0.25, -0.2) is 4.79 Å². The Morgan fingerprint density at radius 2 is 2.18 bits per heavy atom. The number of rotatable bonds is 3. The van der Waals surface area contributed by atoms with Crippen LogP contribution in [-0.4, -0.2) is 27.2 Å². The number of anilines is 1. The lowest BCUT2D eigenvalue weighted by molar-refractivity contribution is -0.131. The number of aromatic amines is 1.